The minimum atomic E-state index is -0.156. The molecule has 1 aromatic rings. The summed E-state index contributed by atoms with van der Waals surface area (Å²) in [5.41, 5.74) is -0.0877. The van der Waals surface area contributed by atoms with Crippen LogP contribution >= 0.6 is 11.8 Å². The average molecular weight is 318 g/mol. The van der Waals surface area contributed by atoms with Crippen LogP contribution in [0.1, 0.15) is 40.0 Å². The van der Waals surface area contributed by atoms with Gasteiger partial charge in [-0.25, -0.2) is 0 Å². The molecule has 0 aliphatic carbocycles. The van der Waals surface area contributed by atoms with E-state index in [2.05, 4.69) is 51.6 Å². The molecular formula is C19H26O2S. The zero-order valence-electron chi connectivity index (χ0n) is 13.7. The molecule has 0 bridgehead atoms. The molecule has 0 amide bonds. The molecule has 120 valence electrons. The van der Waals surface area contributed by atoms with Crippen molar-refractivity contribution in [1.29, 1.82) is 0 Å². The Morgan fingerprint density at radius 2 is 1.91 bits per heavy atom. The van der Waals surface area contributed by atoms with Gasteiger partial charge in [-0.3, -0.25) is 4.79 Å². The summed E-state index contributed by atoms with van der Waals surface area (Å²) in [5.74, 6) is -0.146. The zero-order valence-corrected chi connectivity index (χ0v) is 14.6. The van der Waals surface area contributed by atoms with Crippen LogP contribution in [0.5, 0.6) is 0 Å². The highest BCUT2D eigenvalue weighted by Crippen LogP contribution is 2.39. The van der Waals surface area contributed by atoms with Crippen molar-refractivity contribution in [3.8, 4) is 0 Å². The highest BCUT2D eigenvalue weighted by Gasteiger charge is 2.37. The number of ether oxygens (including phenoxy) is 1. The first kappa shape index (κ1) is 17.1. The van der Waals surface area contributed by atoms with Crippen LogP contribution in [0.25, 0.3) is 0 Å². The summed E-state index contributed by atoms with van der Waals surface area (Å²) >= 11 is 1.88. The maximum Gasteiger partial charge on any atom is 0.310 e. The van der Waals surface area contributed by atoms with Crippen LogP contribution < -0.4 is 0 Å². The van der Waals surface area contributed by atoms with Crippen LogP contribution in [0.2, 0.25) is 0 Å². The number of benzene rings is 1. The van der Waals surface area contributed by atoms with Crippen LogP contribution in [-0.4, -0.2) is 17.3 Å². The van der Waals surface area contributed by atoms with Gasteiger partial charge in [-0.15, -0.1) is 11.8 Å². The third-order valence-corrected chi connectivity index (χ3v) is 5.48. The average Bonchev–Trinajstić information content (AvgIpc) is 2.46. The molecule has 1 aromatic carbocycles. The second-order valence-electron chi connectivity index (χ2n) is 7.00. The minimum absolute atomic E-state index is 0.0727. The number of hydrogen-bond donors (Lipinski definition) is 0. The summed E-state index contributed by atoms with van der Waals surface area (Å²) in [6.07, 6.45) is 4.36. The Balaban J connectivity index is 2.17. The first-order valence-corrected chi connectivity index (χ1v) is 8.83. The Morgan fingerprint density at radius 1 is 1.23 bits per heavy atom. The van der Waals surface area contributed by atoms with Crippen molar-refractivity contribution in [3.05, 3.63) is 43.0 Å². The topological polar surface area (TPSA) is 26.3 Å². The summed E-state index contributed by atoms with van der Waals surface area (Å²) in [5, 5.41) is 0.432. The van der Waals surface area contributed by atoms with E-state index in [1.165, 1.54) is 4.90 Å². The summed E-state index contributed by atoms with van der Waals surface area (Å²) in [6.45, 7) is 10.2. The van der Waals surface area contributed by atoms with E-state index >= 15 is 0 Å². The van der Waals surface area contributed by atoms with Crippen molar-refractivity contribution >= 4 is 17.7 Å². The van der Waals surface area contributed by atoms with Crippen molar-refractivity contribution in [1.82, 2.24) is 0 Å². The molecule has 0 aromatic heterocycles. The van der Waals surface area contributed by atoms with Crippen molar-refractivity contribution in [3.63, 3.8) is 0 Å². The van der Waals surface area contributed by atoms with Crippen molar-refractivity contribution in [2.75, 3.05) is 0 Å². The van der Waals surface area contributed by atoms with E-state index in [4.69, 9.17) is 4.74 Å². The Hall–Kier alpha value is -1.22. The highest BCUT2D eigenvalue weighted by molar-refractivity contribution is 8.00. The normalized spacial score (nSPS) is 26.7. The lowest BCUT2D eigenvalue weighted by Gasteiger charge is -2.35. The number of esters is 1. The molecule has 22 heavy (non-hydrogen) atoms. The number of thioether (sulfide) groups is 1. The molecule has 1 aliphatic rings. The molecule has 3 atom stereocenters. The first-order valence-electron chi connectivity index (χ1n) is 7.95. The van der Waals surface area contributed by atoms with Gasteiger partial charge in [-0.05, 0) is 36.8 Å². The molecule has 0 saturated carbocycles. The van der Waals surface area contributed by atoms with E-state index in [-0.39, 0.29) is 23.4 Å². The molecule has 1 fully saturated rings. The summed E-state index contributed by atoms with van der Waals surface area (Å²) in [7, 11) is 0. The predicted octanol–water partition coefficient (Wildman–Crippen LogP) is 5.09. The van der Waals surface area contributed by atoms with Crippen LogP contribution in [0.15, 0.2) is 47.9 Å². The molecular weight excluding hydrogens is 292 g/mol. The molecule has 0 unspecified atom stereocenters. The van der Waals surface area contributed by atoms with Crippen LogP contribution in [0.4, 0.5) is 0 Å². The Bertz CT molecular complexity index is 504. The molecule has 0 radical (unpaired) electrons. The second-order valence-corrected chi connectivity index (χ2v) is 8.37. The van der Waals surface area contributed by atoms with E-state index in [0.29, 0.717) is 5.25 Å². The lowest BCUT2D eigenvalue weighted by atomic mass is 9.77. The van der Waals surface area contributed by atoms with E-state index in [1.54, 1.807) is 6.08 Å². The highest BCUT2D eigenvalue weighted by atomic mass is 32.2. The van der Waals surface area contributed by atoms with Crippen molar-refractivity contribution in [2.45, 2.75) is 56.3 Å². The van der Waals surface area contributed by atoms with Gasteiger partial charge in [0.25, 0.3) is 0 Å². The largest absolute Gasteiger partial charge is 0.458 e. The predicted molar refractivity (Wildman–Crippen MR) is 93.0 cm³/mol. The number of carbonyl (C=O) groups is 1. The van der Waals surface area contributed by atoms with Crippen LogP contribution in [0, 0.1) is 11.3 Å². The van der Waals surface area contributed by atoms with Crippen molar-refractivity contribution < 1.29 is 9.53 Å². The maximum atomic E-state index is 12.5. The van der Waals surface area contributed by atoms with Crippen molar-refractivity contribution in [2.24, 2.45) is 11.3 Å². The molecule has 0 N–H and O–H groups in total. The fourth-order valence-electron chi connectivity index (χ4n) is 2.79. The number of rotatable bonds is 3. The van der Waals surface area contributed by atoms with Gasteiger partial charge in [0.2, 0.25) is 0 Å². The molecule has 2 rings (SSSR count). The standard InChI is InChI=1S/C19H26O2S/c1-5-14-11-12-16(22-15-9-7-6-8-10-15)13-17(18(20)21-14)19(2,3)4/h5-10,14,16-17H,1,11-13H2,2-4H3/t14-,16+,17+/m1/s1. The minimum Gasteiger partial charge on any atom is -0.458 e. The van der Waals surface area contributed by atoms with Gasteiger partial charge in [-0.2, -0.15) is 0 Å². The number of hydrogen-bond acceptors (Lipinski definition) is 3. The zero-order chi connectivity index (χ0) is 16.2. The van der Waals surface area contributed by atoms with Crippen LogP contribution in [-0.2, 0) is 9.53 Å². The summed E-state index contributed by atoms with van der Waals surface area (Å²) in [4.78, 5) is 13.8. The van der Waals surface area contributed by atoms with Gasteiger partial charge < -0.3 is 4.74 Å². The molecule has 1 heterocycles. The Kier molecular flexibility index (Phi) is 5.74. The van der Waals surface area contributed by atoms with Gasteiger partial charge in [0.05, 0.1) is 5.92 Å². The SMILES string of the molecule is C=C[C@@H]1CC[C@H](Sc2ccccc2)C[C@H](C(C)(C)C)C(=O)O1. The van der Waals surface area contributed by atoms with E-state index in [0.717, 1.165) is 19.3 Å². The van der Waals surface area contributed by atoms with E-state index < -0.39 is 0 Å². The van der Waals surface area contributed by atoms with Crippen LogP contribution in [0.3, 0.4) is 0 Å². The third-order valence-electron chi connectivity index (χ3n) is 4.18. The Morgan fingerprint density at radius 3 is 2.50 bits per heavy atom. The first-order chi connectivity index (χ1) is 10.4. The smallest absolute Gasteiger partial charge is 0.310 e. The fraction of sp³-hybridized carbons (Fsp3) is 0.526. The Labute approximate surface area is 138 Å². The quantitative estimate of drug-likeness (QED) is 0.573. The van der Waals surface area contributed by atoms with E-state index in [1.807, 2.05) is 17.8 Å². The monoisotopic (exact) mass is 318 g/mol. The van der Waals surface area contributed by atoms with E-state index in [9.17, 15) is 4.79 Å². The summed E-state index contributed by atoms with van der Waals surface area (Å²) in [6, 6.07) is 10.4. The van der Waals surface area contributed by atoms with Gasteiger partial charge in [0, 0.05) is 10.1 Å². The third kappa shape index (κ3) is 4.64. The fourth-order valence-corrected chi connectivity index (χ4v) is 4.03. The lowest BCUT2D eigenvalue weighted by molar-refractivity contribution is -0.157. The summed E-state index contributed by atoms with van der Waals surface area (Å²) < 4.78 is 5.61. The number of cyclic esters (lactones) is 1. The molecule has 2 nitrogen and oxygen atoms in total. The maximum absolute atomic E-state index is 12.5. The molecule has 1 aliphatic heterocycles. The number of carbonyl (C=O) groups excluding carboxylic acids is 1. The second kappa shape index (κ2) is 7.36. The molecule has 1 saturated heterocycles. The van der Waals surface area contributed by atoms with Gasteiger partial charge >= 0.3 is 5.97 Å². The van der Waals surface area contributed by atoms with Gasteiger partial charge in [0.1, 0.15) is 6.10 Å². The van der Waals surface area contributed by atoms with Gasteiger partial charge in [0.15, 0.2) is 0 Å². The lowest BCUT2D eigenvalue weighted by Crippen LogP contribution is -2.36. The molecule has 3 heteroatoms. The molecule has 0 spiro atoms. The van der Waals surface area contributed by atoms with Gasteiger partial charge in [-0.1, -0.05) is 51.6 Å².